The predicted octanol–water partition coefficient (Wildman–Crippen LogP) is 6.14. The molecular weight excluding hydrogens is 468 g/mol. The van der Waals surface area contributed by atoms with E-state index in [2.05, 4.69) is 21.2 Å². The van der Waals surface area contributed by atoms with Crippen LogP contribution in [0.5, 0.6) is 5.75 Å². The number of halogens is 1. The summed E-state index contributed by atoms with van der Waals surface area (Å²) in [6.07, 6.45) is -0.677. The van der Waals surface area contributed by atoms with Gasteiger partial charge in [0.05, 0.1) is 0 Å². The van der Waals surface area contributed by atoms with Crippen molar-refractivity contribution in [1.29, 1.82) is 0 Å². The number of benzene rings is 3. The second-order valence-electron chi connectivity index (χ2n) is 7.58. The van der Waals surface area contributed by atoms with Crippen LogP contribution >= 0.6 is 15.9 Å². The van der Waals surface area contributed by atoms with Crippen molar-refractivity contribution in [2.75, 3.05) is 16.8 Å². The lowest BCUT2D eigenvalue weighted by atomic mass is 10.1. The molecule has 1 atom stereocenters. The zero-order valence-corrected chi connectivity index (χ0v) is 20.3. The third-order valence-electron chi connectivity index (χ3n) is 5.12. The molecule has 5 nitrogen and oxygen atoms in total. The Labute approximate surface area is 197 Å². The molecule has 1 unspecified atom stereocenters. The van der Waals surface area contributed by atoms with Crippen LogP contribution < -0.4 is 15.0 Å². The summed E-state index contributed by atoms with van der Waals surface area (Å²) < 4.78 is 6.90. The molecule has 0 spiro atoms. The van der Waals surface area contributed by atoms with E-state index in [0.29, 0.717) is 23.5 Å². The van der Waals surface area contributed by atoms with Crippen molar-refractivity contribution in [2.24, 2.45) is 0 Å². The molecule has 166 valence electrons. The minimum Gasteiger partial charge on any atom is -0.480 e. The average molecular weight is 495 g/mol. The highest BCUT2D eigenvalue weighted by Crippen LogP contribution is 2.28. The van der Waals surface area contributed by atoms with E-state index in [1.165, 1.54) is 0 Å². The molecule has 6 heteroatoms. The number of carbonyl (C=O) groups is 2. The van der Waals surface area contributed by atoms with Gasteiger partial charge in [0.25, 0.3) is 11.8 Å². The van der Waals surface area contributed by atoms with Crippen molar-refractivity contribution >= 4 is 39.1 Å². The summed E-state index contributed by atoms with van der Waals surface area (Å²) >= 11 is 3.47. The molecule has 0 radical (unpaired) electrons. The van der Waals surface area contributed by atoms with Crippen LogP contribution in [0, 0.1) is 13.8 Å². The Balaban J connectivity index is 1.66. The number of ether oxygens (including phenoxy) is 1. The van der Waals surface area contributed by atoms with Crippen LogP contribution in [0.25, 0.3) is 0 Å². The summed E-state index contributed by atoms with van der Waals surface area (Å²) in [7, 11) is 0. The monoisotopic (exact) mass is 494 g/mol. The lowest BCUT2D eigenvalue weighted by Gasteiger charge is -2.21. The van der Waals surface area contributed by atoms with Gasteiger partial charge in [-0.25, -0.2) is 0 Å². The number of hydrogen-bond acceptors (Lipinski definition) is 3. The Bertz CT molecular complexity index is 1070. The van der Waals surface area contributed by atoms with Gasteiger partial charge in [0.1, 0.15) is 5.75 Å². The lowest BCUT2D eigenvalue weighted by Crippen LogP contribution is -2.31. The van der Waals surface area contributed by atoms with E-state index in [4.69, 9.17) is 4.74 Å². The predicted molar refractivity (Wildman–Crippen MR) is 133 cm³/mol. The molecule has 3 rings (SSSR count). The SMILES string of the molecule is CCN(C(=O)c1ccc(NC(=O)C(C)Oc2c(C)cc(Br)cc2C)cc1)c1ccccc1. The summed E-state index contributed by atoms with van der Waals surface area (Å²) in [5, 5.41) is 2.86. The second kappa shape index (κ2) is 10.5. The summed E-state index contributed by atoms with van der Waals surface area (Å²) in [5.41, 5.74) is 3.92. The fourth-order valence-electron chi connectivity index (χ4n) is 3.46. The zero-order chi connectivity index (χ0) is 23.3. The van der Waals surface area contributed by atoms with Gasteiger partial charge >= 0.3 is 0 Å². The first-order valence-electron chi connectivity index (χ1n) is 10.5. The van der Waals surface area contributed by atoms with Crippen molar-refractivity contribution in [3.63, 3.8) is 0 Å². The number of amides is 2. The van der Waals surface area contributed by atoms with E-state index in [0.717, 1.165) is 21.3 Å². The van der Waals surface area contributed by atoms with Crippen molar-refractivity contribution in [3.8, 4) is 5.75 Å². The van der Waals surface area contributed by atoms with Gasteiger partial charge in [-0.1, -0.05) is 34.1 Å². The van der Waals surface area contributed by atoms with Crippen molar-refractivity contribution in [2.45, 2.75) is 33.8 Å². The molecule has 2 amide bonds. The van der Waals surface area contributed by atoms with Crippen LogP contribution in [0.2, 0.25) is 0 Å². The number of rotatable bonds is 7. The fraction of sp³-hybridized carbons (Fsp3) is 0.231. The summed E-state index contributed by atoms with van der Waals surface area (Å²) in [6.45, 7) is 8.11. The van der Waals surface area contributed by atoms with E-state index in [1.807, 2.05) is 63.2 Å². The van der Waals surface area contributed by atoms with Crippen molar-refractivity contribution in [3.05, 3.63) is 87.9 Å². The normalized spacial score (nSPS) is 11.5. The maximum atomic E-state index is 12.9. The van der Waals surface area contributed by atoms with Gasteiger partial charge in [0.15, 0.2) is 6.10 Å². The molecule has 3 aromatic rings. The van der Waals surface area contributed by atoms with Crippen LogP contribution in [-0.2, 0) is 4.79 Å². The Hall–Kier alpha value is -3.12. The molecule has 0 bridgehead atoms. The molecule has 0 saturated heterocycles. The number of carbonyl (C=O) groups excluding carboxylic acids is 2. The summed E-state index contributed by atoms with van der Waals surface area (Å²) in [5.74, 6) is 0.358. The molecular formula is C26H27BrN2O3. The Morgan fingerprint density at radius 2 is 1.59 bits per heavy atom. The molecule has 3 aromatic carbocycles. The third kappa shape index (κ3) is 5.56. The topological polar surface area (TPSA) is 58.6 Å². The number of anilines is 2. The quantitative estimate of drug-likeness (QED) is 0.429. The first-order chi connectivity index (χ1) is 15.3. The lowest BCUT2D eigenvalue weighted by molar-refractivity contribution is -0.122. The molecule has 1 N–H and O–H groups in total. The van der Waals surface area contributed by atoms with Crippen LogP contribution in [-0.4, -0.2) is 24.5 Å². The van der Waals surface area contributed by atoms with Gasteiger partial charge < -0.3 is 15.0 Å². The number of hydrogen-bond donors (Lipinski definition) is 1. The van der Waals surface area contributed by atoms with Gasteiger partial charge in [0.2, 0.25) is 0 Å². The highest BCUT2D eigenvalue weighted by atomic mass is 79.9. The van der Waals surface area contributed by atoms with Crippen molar-refractivity contribution in [1.82, 2.24) is 0 Å². The first-order valence-corrected chi connectivity index (χ1v) is 11.3. The minimum atomic E-state index is -0.677. The molecule has 0 aromatic heterocycles. The largest absolute Gasteiger partial charge is 0.480 e. The minimum absolute atomic E-state index is 0.0885. The van der Waals surface area contributed by atoms with Crippen LogP contribution in [0.1, 0.15) is 35.3 Å². The Morgan fingerprint density at radius 3 is 2.16 bits per heavy atom. The molecule has 0 aliphatic heterocycles. The van der Waals surface area contributed by atoms with E-state index in [9.17, 15) is 9.59 Å². The standard InChI is InChI=1S/C26H27BrN2O3/c1-5-29(23-9-7-6-8-10-23)26(31)20-11-13-22(14-12-20)28-25(30)19(4)32-24-17(2)15-21(27)16-18(24)3/h6-16,19H,5H2,1-4H3,(H,28,30). The summed E-state index contributed by atoms with van der Waals surface area (Å²) in [4.78, 5) is 27.3. The maximum absolute atomic E-state index is 12.9. The van der Waals surface area contributed by atoms with E-state index in [1.54, 1.807) is 36.1 Å². The highest BCUT2D eigenvalue weighted by molar-refractivity contribution is 9.10. The third-order valence-corrected chi connectivity index (χ3v) is 5.58. The first kappa shape index (κ1) is 23.5. The van der Waals surface area contributed by atoms with Crippen LogP contribution in [0.4, 0.5) is 11.4 Å². The Morgan fingerprint density at radius 1 is 1.00 bits per heavy atom. The zero-order valence-electron chi connectivity index (χ0n) is 18.7. The van der Waals surface area contributed by atoms with Gasteiger partial charge in [-0.15, -0.1) is 0 Å². The van der Waals surface area contributed by atoms with Gasteiger partial charge in [-0.2, -0.15) is 0 Å². The van der Waals surface area contributed by atoms with E-state index in [-0.39, 0.29) is 11.8 Å². The molecule has 32 heavy (non-hydrogen) atoms. The smallest absolute Gasteiger partial charge is 0.265 e. The average Bonchev–Trinajstić information content (AvgIpc) is 2.77. The Kier molecular flexibility index (Phi) is 7.70. The molecule has 0 fully saturated rings. The molecule has 0 aliphatic rings. The van der Waals surface area contributed by atoms with Gasteiger partial charge in [-0.05, 0) is 87.4 Å². The number of nitrogens with zero attached hydrogens (tertiary/aromatic N) is 1. The van der Waals surface area contributed by atoms with Crippen LogP contribution in [0.15, 0.2) is 71.2 Å². The molecule has 0 saturated carbocycles. The van der Waals surface area contributed by atoms with E-state index >= 15 is 0 Å². The van der Waals surface area contributed by atoms with Crippen LogP contribution in [0.3, 0.4) is 0 Å². The highest BCUT2D eigenvalue weighted by Gasteiger charge is 2.19. The molecule has 0 heterocycles. The number of nitrogens with one attached hydrogen (secondary N) is 1. The van der Waals surface area contributed by atoms with Gasteiger partial charge in [0, 0.05) is 28.0 Å². The van der Waals surface area contributed by atoms with E-state index < -0.39 is 6.10 Å². The van der Waals surface area contributed by atoms with Crippen molar-refractivity contribution < 1.29 is 14.3 Å². The second-order valence-corrected chi connectivity index (χ2v) is 8.50. The fourth-order valence-corrected chi connectivity index (χ4v) is 4.15. The maximum Gasteiger partial charge on any atom is 0.265 e. The summed E-state index contributed by atoms with van der Waals surface area (Å²) in [6, 6.07) is 20.4. The number of para-hydroxylation sites is 1. The number of aryl methyl sites for hydroxylation is 2. The van der Waals surface area contributed by atoms with Gasteiger partial charge in [-0.3, -0.25) is 9.59 Å². The molecule has 0 aliphatic carbocycles.